The first-order chi connectivity index (χ1) is 5.62. The molecule has 0 unspecified atom stereocenters. The molecule has 0 saturated carbocycles. The predicted octanol–water partition coefficient (Wildman–Crippen LogP) is 1.56. The van der Waals surface area contributed by atoms with Crippen LogP contribution in [0.5, 0.6) is 0 Å². The normalized spacial score (nSPS) is 12.7. The largest absolute Gasteiger partial charge is 0.396 e. The molecule has 0 heterocycles. The zero-order chi connectivity index (χ0) is 9.45. The molecule has 0 aliphatic carbocycles. The highest BCUT2D eigenvalue weighted by molar-refractivity contribution is 4.78. The molecule has 72 valence electrons. The summed E-state index contributed by atoms with van der Waals surface area (Å²) in [6.07, 6.45) is 5.26. The average molecular weight is 171 g/mol. The van der Waals surface area contributed by atoms with Gasteiger partial charge in [-0.3, -0.25) is 0 Å². The van der Waals surface area contributed by atoms with Crippen LogP contribution >= 0.6 is 0 Å². The summed E-state index contributed by atoms with van der Waals surface area (Å²) in [6, 6.07) is 0. The van der Waals surface area contributed by atoms with Crippen molar-refractivity contribution in [1.82, 2.24) is 5.32 Å². The van der Waals surface area contributed by atoms with Crippen molar-refractivity contribution in [2.24, 2.45) is 5.41 Å². The minimum atomic E-state index is 0.00985. The Morgan fingerprint density at radius 3 is 2.58 bits per heavy atom. The van der Waals surface area contributed by atoms with Crippen LogP contribution in [0.25, 0.3) is 0 Å². The topological polar surface area (TPSA) is 32.3 Å². The summed E-state index contributed by atoms with van der Waals surface area (Å²) < 4.78 is 0. The Kier molecular flexibility index (Phi) is 6.03. The number of aliphatic hydroxyl groups excluding tert-OH is 1. The standard InChI is InChI=1S/C10H21NO/c1-4-5-6-7-11-8-10(2,3)9-12/h4-5,11-12H,6-9H2,1-3H3/b5-4+. The quantitative estimate of drug-likeness (QED) is 0.469. The Bertz CT molecular complexity index is 130. The monoisotopic (exact) mass is 171 g/mol. The van der Waals surface area contributed by atoms with Crippen molar-refractivity contribution >= 4 is 0 Å². The first kappa shape index (κ1) is 11.7. The van der Waals surface area contributed by atoms with Crippen LogP contribution in [0.1, 0.15) is 27.2 Å². The van der Waals surface area contributed by atoms with Gasteiger partial charge in [0, 0.05) is 18.6 Å². The van der Waals surface area contributed by atoms with Gasteiger partial charge in [-0.05, 0) is 19.9 Å². The highest BCUT2D eigenvalue weighted by atomic mass is 16.3. The van der Waals surface area contributed by atoms with E-state index >= 15 is 0 Å². The van der Waals surface area contributed by atoms with Crippen molar-refractivity contribution in [3.05, 3.63) is 12.2 Å². The van der Waals surface area contributed by atoms with E-state index in [1.165, 1.54) is 0 Å². The fourth-order valence-corrected chi connectivity index (χ4v) is 0.835. The van der Waals surface area contributed by atoms with Crippen LogP contribution < -0.4 is 5.32 Å². The van der Waals surface area contributed by atoms with Crippen molar-refractivity contribution in [2.45, 2.75) is 27.2 Å². The lowest BCUT2D eigenvalue weighted by Gasteiger charge is -2.21. The minimum Gasteiger partial charge on any atom is -0.396 e. The second-order valence-corrected chi connectivity index (χ2v) is 3.86. The van der Waals surface area contributed by atoms with Crippen molar-refractivity contribution < 1.29 is 5.11 Å². The van der Waals surface area contributed by atoms with E-state index in [2.05, 4.69) is 31.3 Å². The maximum absolute atomic E-state index is 8.94. The van der Waals surface area contributed by atoms with Crippen LogP contribution in [0.3, 0.4) is 0 Å². The number of rotatable bonds is 6. The van der Waals surface area contributed by atoms with E-state index in [4.69, 9.17) is 5.11 Å². The molecule has 2 nitrogen and oxygen atoms in total. The third-order valence-electron chi connectivity index (χ3n) is 1.76. The lowest BCUT2D eigenvalue weighted by atomic mass is 9.95. The summed E-state index contributed by atoms with van der Waals surface area (Å²) in [5, 5.41) is 12.2. The molecule has 0 aliphatic rings. The number of aliphatic hydroxyl groups is 1. The SMILES string of the molecule is C/C=C/CCNCC(C)(C)CO. The van der Waals surface area contributed by atoms with Gasteiger partial charge in [0.1, 0.15) is 0 Å². The molecule has 0 aromatic heterocycles. The third kappa shape index (κ3) is 6.38. The van der Waals surface area contributed by atoms with Gasteiger partial charge in [-0.2, -0.15) is 0 Å². The maximum Gasteiger partial charge on any atom is 0.0494 e. The van der Waals surface area contributed by atoms with E-state index in [0.717, 1.165) is 19.5 Å². The van der Waals surface area contributed by atoms with Crippen LogP contribution in [-0.2, 0) is 0 Å². The van der Waals surface area contributed by atoms with Crippen molar-refractivity contribution in [2.75, 3.05) is 19.7 Å². The summed E-state index contributed by atoms with van der Waals surface area (Å²) in [5.41, 5.74) is 0.00985. The molecule has 0 aliphatic heterocycles. The van der Waals surface area contributed by atoms with Crippen LogP contribution in [0.15, 0.2) is 12.2 Å². The minimum absolute atomic E-state index is 0.00985. The molecule has 0 fully saturated rings. The molecule has 2 heteroatoms. The van der Waals surface area contributed by atoms with Gasteiger partial charge in [-0.25, -0.2) is 0 Å². The molecule has 0 aromatic carbocycles. The molecule has 0 atom stereocenters. The van der Waals surface area contributed by atoms with Crippen molar-refractivity contribution in [3.8, 4) is 0 Å². The Hall–Kier alpha value is -0.340. The van der Waals surface area contributed by atoms with E-state index in [-0.39, 0.29) is 12.0 Å². The van der Waals surface area contributed by atoms with Gasteiger partial charge in [0.25, 0.3) is 0 Å². The van der Waals surface area contributed by atoms with Gasteiger partial charge in [-0.1, -0.05) is 26.0 Å². The highest BCUT2D eigenvalue weighted by Gasteiger charge is 2.14. The number of hydrogen-bond donors (Lipinski definition) is 2. The molecule has 2 N–H and O–H groups in total. The molecule has 0 bridgehead atoms. The summed E-state index contributed by atoms with van der Waals surface area (Å²) in [6.45, 7) is 8.24. The fraction of sp³-hybridized carbons (Fsp3) is 0.800. The number of nitrogens with one attached hydrogen (secondary N) is 1. The lowest BCUT2D eigenvalue weighted by molar-refractivity contribution is 0.157. The van der Waals surface area contributed by atoms with Gasteiger partial charge >= 0.3 is 0 Å². The van der Waals surface area contributed by atoms with E-state index in [1.807, 2.05) is 6.92 Å². The van der Waals surface area contributed by atoms with Crippen LogP contribution in [0.2, 0.25) is 0 Å². The molecule has 0 spiro atoms. The van der Waals surface area contributed by atoms with Gasteiger partial charge < -0.3 is 10.4 Å². The average Bonchev–Trinajstić information content (AvgIpc) is 2.04. The molecule has 0 aromatic rings. The summed E-state index contributed by atoms with van der Waals surface area (Å²) in [5.74, 6) is 0. The van der Waals surface area contributed by atoms with E-state index < -0.39 is 0 Å². The zero-order valence-corrected chi connectivity index (χ0v) is 8.43. The molecule has 0 radical (unpaired) electrons. The number of allylic oxidation sites excluding steroid dienone is 1. The maximum atomic E-state index is 8.94. The van der Waals surface area contributed by atoms with Gasteiger partial charge in [0.2, 0.25) is 0 Å². The molecule has 0 amide bonds. The van der Waals surface area contributed by atoms with Crippen LogP contribution in [0.4, 0.5) is 0 Å². The zero-order valence-electron chi connectivity index (χ0n) is 8.43. The van der Waals surface area contributed by atoms with Gasteiger partial charge in [0.05, 0.1) is 0 Å². The first-order valence-corrected chi connectivity index (χ1v) is 4.55. The van der Waals surface area contributed by atoms with E-state index in [0.29, 0.717) is 0 Å². The second kappa shape index (κ2) is 6.21. The lowest BCUT2D eigenvalue weighted by Crippen LogP contribution is -2.32. The van der Waals surface area contributed by atoms with E-state index in [1.54, 1.807) is 0 Å². The van der Waals surface area contributed by atoms with Crippen LogP contribution in [-0.4, -0.2) is 24.8 Å². The van der Waals surface area contributed by atoms with Crippen LogP contribution in [0, 0.1) is 5.41 Å². The highest BCUT2D eigenvalue weighted by Crippen LogP contribution is 2.10. The Balaban J connectivity index is 3.30. The smallest absolute Gasteiger partial charge is 0.0494 e. The van der Waals surface area contributed by atoms with Gasteiger partial charge in [-0.15, -0.1) is 0 Å². The molecular formula is C10H21NO. The summed E-state index contributed by atoms with van der Waals surface area (Å²) >= 11 is 0. The molecule has 12 heavy (non-hydrogen) atoms. The molecular weight excluding hydrogens is 150 g/mol. The summed E-state index contributed by atoms with van der Waals surface area (Å²) in [7, 11) is 0. The Labute approximate surface area is 75.7 Å². The van der Waals surface area contributed by atoms with Gasteiger partial charge in [0.15, 0.2) is 0 Å². The first-order valence-electron chi connectivity index (χ1n) is 4.55. The number of hydrogen-bond acceptors (Lipinski definition) is 2. The third-order valence-corrected chi connectivity index (χ3v) is 1.76. The van der Waals surface area contributed by atoms with Crippen molar-refractivity contribution in [1.29, 1.82) is 0 Å². The predicted molar refractivity (Wildman–Crippen MR) is 53.2 cm³/mol. The fourth-order valence-electron chi connectivity index (χ4n) is 0.835. The molecule has 0 saturated heterocycles. The second-order valence-electron chi connectivity index (χ2n) is 3.86. The Morgan fingerprint density at radius 2 is 2.08 bits per heavy atom. The van der Waals surface area contributed by atoms with Crippen molar-refractivity contribution in [3.63, 3.8) is 0 Å². The van der Waals surface area contributed by atoms with E-state index in [9.17, 15) is 0 Å². The Morgan fingerprint density at radius 1 is 1.42 bits per heavy atom. The summed E-state index contributed by atoms with van der Waals surface area (Å²) in [4.78, 5) is 0. The molecule has 0 rings (SSSR count).